The molecule has 4 aromatic carbocycles. The maximum Gasteiger partial charge on any atom is 0.369 e. The molecule has 30 heteroatoms. The Morgan fingerprint density at radius 1 is 0.423 bits per heavy atom. The van der Waals surface area contributed by atoms with E-state index in [2.05, 4.69) is 47.3 Å². The Hall–Kier alpha value is -3.00. The lowest BCUT2D eigenvalue weighted by Gasteiger charge is -2.26. The van der Waals surface area contributed by atoms with Crippen LogP contribution in [-0.4, -0.2) is 161 Å². The second-order valence-electron chi connectivity index (χ2n) is 13.7. The van der Waals surface area contributed by atoms with Crippen LogP contribution in [0.2, 0.25) is 0 Å². The third-order valence-corrected chi connectivity index (χ3v) is 17.6. The first kappa shape index (κ1) is 66.0. The normalized spacial score (nSPS) is 11.7. The number of rotatable bonds is 22. The van der Waals surface area contributed by atoms with Crippen molar-refractivity contribution in [2.24, 2.45) is 0 Å². The van der Waals surface area contributed by atoms with Crippen molar-refractivity contribution in [1.82, 2.24) is 17.2 Å². The molecule has 0 heterocycles. The van der Waals surface area contributed by atoms with Crippen LogP contribution in [0.5, 0.6) is 46.0 Å². The molecule has 0 fully saturated rings. The molecule has 0 saturated carbocycles. The minimum absolute atomic E-state index is 0.0257. The first-order valence-corrected chi connectivity index (χ1v) is 30.3. The number of hydrogen-bond acceptors (Lipinski definition) is 16. The van der Waals surface area contributed by atoms with Crippen molar-refractivity contribution in [1.29, 1.82) is 0 Å². The average molecular weight is 1310 g/mol. The van der Waals surface area contributed by atoms with Gasteiger partial charge in [-0.15, -0.1) is 70.5 Å². The van der Waals surface area contributed by atoms with Gasteiger partial charge in [0.25, 0.3) is 0 Å². The topological polar surface area (TPSA) is 267 Å². The van der Waals surface area contributed by atoms with Gasteiger partial charge in [-0.2, -0.15) is 17.2 Å². The predicted molar refractivity (Wildman–Crippen MR) is 285 cm³/mol. The molecule has 71 heavy (non-hydrogen) atoms. The Morgan fingerprint density at radius 3 is 0.831 bits per heavy atom. The van der Waals surface area contributed by atoms with Crippen molar-refractivity contribution < 1.29 is 73.0 Å². The molecule has 0 amide bonds. The third kappa shape index (κ3) is 18.7. The number of phenols is 4. The molecule has 0 unspecified atom stereocenters. The number of aromatic hydroxyl groups is 4. The highest BCUT2D eigenvalue weighted by molar-refractivity contribution is 9.69. The number of benzene rings is 4. The largest absolute Gasteiger partial charge is 0.504 e. The fourth-order valence-electron chi connectivity index (χ4n) is 6.12. The SMILES string of the molecule is BrB(Br)Br.CCN(CCN(CC)S(=O)(=O)c1ccc(O)c(O)c1)S(=O)(=O)c1ccc(O)c(O)c1.CCN(CCN(CC)S(=O)(=O)c1ccc(OC)c(OC)c1)S(=O)(=O)c1ccc(OC)c(OC)c1.ClCCl. The highest BCUT2D eigenvalue weighted by atomic mass is 79.9. The standard InChI is InChI=1S/C22H32N2O8S2.C18H24N2O8S2.CH2Cl2.BBr3/c1-7-23(33(25,26)17-9-11-19(29-3)21(15-17)31-5)13-14-24(8-2)34(27,28)18-10-12-20(30-4)22(16-18)32-6;1-3-19(29(25,26)13-5-7-15(21)17(23)11-13)9-10-20(4-2)30(27,28)14-6-8-16(22)18(24)12-14;2-1-3;2-1(3)4/h9-12,15-16H,7-8,13-14H2,1-6H3;5-8,11-12,21-24H,3-4,9-10H2,1-2H3;1H2;. The van der Waals surface area contributed by atoms with Gasteiger partial charge < -0.3 is 39.4 Å². The van der Waals surface area contributed by atoms with Gasteiger partial charge in [-0.1, -0.05) is 27.7 Å². The molecular weight excluding hydrogens is 1250 g/mol. The summed E-state index contributed by atoms with van der Waals surface area (Å²) in [6.07, 6.45) is 0. The molecule has 20 nitrogen and oxygen atoms in total. The molecule has 0 aromatic heterocycles. The number of methoxy groups -OCH3 is 4. The first-order chi connectivity index (χ1) is 33.2. The van der Waals surface area contributed by atoms with E-state index in [0.29, 0.717) is 11.5 Å². The lowest BCUT2D eigenvalue weighted by atomic mass is 10.3. The molecular formula is C41H58BBr3Cl2N4O16S4. The highest BCUT2D eigenvalue weighted by Gasteiger charge is 2.31. The first-order valence-electron chi connectivity index (χ1n) is 20.7. The van der Waals surface area contributed by atoms with E-state index < -0.39 is 63.1 Å². The van der Waals surface area contributed by atoms with Crippen molar-refractivity contribution in [3.63, 3.8) is 0 Å². The van der Waals surface area contributed by atoms with Gasteiger partial charge in [0.1, 0.15) is 0 Å². The van der Waals surface area contributed by atoms with Crippen molar-refractivity contribution in [2.75, 3.05) is 86.1 Å². The molecule has 0 aliphatic carbocycles. The zero-order valence-electron chi connectivity index (χ0n) is 39.9. The molecule has 0 bridgehead atoms. The van der Waals surface area contributed by atoms with E-state index in [-0.39, 0.29) is 92.0 Å². The fourth-order valence-corrected chi connectivity index (χ4v) is 12.0. The summed E-state index contributed by atoms with van der Waals surface area (Å²) >= 11 is 18.8. The monoisotopic (exact) mass is 1310 g/mol. The second kappa shape index (κ2) is 31.0. The van der Waals surface area contributed by atoms with Crippen LogP contribution in [0.1, 0.15) is 27.7 Å². The highest BCUT2D eigenvalue weighted by Crippen LogP contribution is 2.33. The Kier molecular flexibility index (Phi) is 28.8. The van der Waals surface area contributed by atoms with Gasteiger partial charge in [-0.3, -0.25) is 0 Å². The number of nitrogens with zero attached hydrogens (tertiary/aromatic N) is 4. The third-order valence-electron chi connectivity index (χ3n) is 9.76. The van der Waals surface area contributed by atoms with Crippen molar-refractivity contribution in [2.45, 2.75) is 47.3 Å². The summed E-state index contributed by atoms with van der Waals surface area (Å²) in [4.78, 5) is -0.432. The van der Waals surface area contributed by atoms with E-state index >= 15 is 0 Å². The number of sulfonamides is 4. The van der Waals surface area contributed by atoms with E-state index in [1.54, 1.807) is 27.7 Å². The minimum atomic E-state index is -4.05. The molecule has 4 rings (SSSR count). The summed E-state index contributed by atoms with van der Waals surface area (Å²) in [6.45, 7) is 6.55. The number of phenolic OH excluding ortho intramolecular Hbond substituents is 4. The maximum atomic E-state index is 13.2. The smallest absolute Gasteiger partial charge is 0.369 e. The van der Waals surface area contributed by atoms with Crippen LogP contribution in [0.15, 0.2) is 92.4 Å². The predicted octanol–water partition coefficient (Wildman–Crippen LogP) is 7.25. The Morgan fingerprint density at radius 2 is 0.634 bits per heavy atom. The van der Waals surface area contributed by atoms with E-state index in [1.807, 2.05) is 0 Å². The number of ether oxygens (including phenoxy) is 4. The Balaban J connectivity index is 0.000000631. The van der Waals surface area contributed by atoms with Crippen LogP contribution in [-0.2, 0) is 40.1 Å². The summed E-state index contributed by atoms with van der Waals surface area (Å²) in [5.74, 6) is -0.717. The summed E-state index contributed by atoms with van der Waals surface area (Å²) in [6, 6.07) is 14.9. The summed E-state index contributed by atoms with van der Waals surface area (Å²) < 4.78 is 130. The lowest BCUT2D eigenvalue weighted by molar-refractivity contribution is 0.350. The van der Waals surface area contributed by atoms with E-state index in [4.69, 9.17) is 42.1 Å². The van der Waals surface area contributed by atoms with Crippen LogP contribution in [0.4, 0.5) is 0 Å². The van der Waals surface area contributed by atoms with Gasteiger partial charge in [0.2, 0.25) is 40.1 Å². The summed E-state index contributed by atoms with van der Waals surface area (Å²) in [7, 11) is -10.1. The number of halogens is 5. The van der Waals surface area contributed by atoms with Crippen LogP contribution in [0.3, 0.4) is 0 Å². The van der Waals surface area contributed by atoms with Crippen LogP contribution >= 0.6 is 70.5 Å². The molecule has 0 spiro atoms. The van der Waals surface area contributed by atoms with Crippen molar-refractivity contribution >= 4 is 114 Å². The van der Waals surface area contributed by atoms with Crippen LogP contribution in [0, 0.1) is 0 Å². The Bertz CT molecular complexity index is 2590. The summed E-state index contributed by atoms with van der Waals surface area (Å²) in [5.41, 5.74) is 0. The molecule has 0 aliphatic rings. The molecule has 0 atom stereocenters. The molecule has 0 saturated heterocycles. The van der Waals surface area contributed by atoms with E-state index in [9.17, 15) is 54.1 Å². The van der Waals surface area contributed by atoms with Gasteiger partial charge in [0.05, 0.1) is 53.4 Å². The average Bonchev–Trinajstić information content (AvgIpc) is 3.32. The van der Waals surface area contributed by atoms with E-state index in [0.717, 1.165) is 45.0 Å². The van der Waals surface area contributed by atoms with Gasteiger partial charge in [0, 0.05) is 76.6 Å². The zero-order chi connectivity index (χ0) is 54.5. The lowest BCUT2D eigenvalue weighted by Crippen LogP contribution is -2.41. The van der Waals surface area contributed by atoms with Gasteiger partial charge in [0.15, 0.2) is 46.0 Å². The molecule has 4 N–H and O–H groups in total. The van der Waals surface area contributed by atoms with Crippen LogP contribution < -0.4 is 18.9 Å². The van der Waals surface area contributed by atoms with Crippen molar-refractivity contribution in [3.05, 3.63) is 72.8 Å². The number of likely N-dealkylation sites (N-methyl/N-ethyl adjacent to an activating group) is 4. The number of alkyl halides is 2. The quantitative estimate of drug-likeness (QED) is 0.0343. The molecule has 4 aromatic rings. The minimum Gasteiger partial charge on any atom is -0.504 e. The maximum absolute atomic E-state index is 13.2. The van der Waals surface area contributed by atoms with Crippen LogP contribution in [0.25, 0.3) is 0 Å². The fraction of sp³-hybridized carbons (Fsp3) is 0.415. The zero-order valence-corrected chi connectivity index (χ0v) is 49.4. The molecule has 0 radical (unpaired) electrons. The molecule has 0 aliphatic heterocycles. The van der Waals surface area contributed by atoms with Gasteiger partial charge >= 0.3 is 3.18 Å². The molecule has 400 valence electrons. The van der Waals surface area contributed by atoms with E-state index in [1.165, 1.54) is 73.4 Å². The van der Waals surface area contributed by atoms with Crippen molar-refractivity contribution in [3.8, 4) is 46.0 Å². The van der Waals surface area contributed by atoms with Gasteiger partial charge in [-0.05, 0) is 48.5 Å². The summed E-state index contributed by atoms with van der Waals surface area (Å²) in [5, 5.41) is 38.1. The number of hydrogen-bond donors (Lipinski definition) is 4. The Labute approximate surface area is 452 Å². The second-order valence-corrected chi connectivity index (χ2v) is 28.7. The van der Waals surface area contributed by atoms with Gasteiger partial charge in [-0.25, -0.2) is 33.7 Å².